The number of thioether (sulfide) groups is 1. The van der Waals surface area contributed by atoms with Crippen molar-refractivity contribution in [3.63, 3.8) is 0 Å². The minimum absolute atomic E-state index is 0.0975. The van der Waals surface area contributed by atoms with Gasteiger partial charge in [0.05, 0.1) is 6.61 Å². The zero-order valence-corrected chi connectivity index (χ0v) is 13.1. The van der Waals surface area contributed by atoms with Crippen LogP contribution in [-0.4, -0.2) is 21.7 Å². The van der Waals surface area contributed by atoms with Crippen LogP contribution in [0.5, 0.6) is 0 Å². The van der Waals surface area contributed by atoms with E-state index in [1.54, 1.807) is 11.8 Å². The SMILES string of the molecule is Cc1cc(C)nc(SCc2ccccc2C#CCCO)n1. The van der Waals surface area contributed by atoms with Crippen molar-refractivity contribution in [2.24, 2.45) is 0 Å². The summed E-state index contributed by atoms with van der Waals surface area (Å²) in [5.41, 5.74) is 4.14. The van der Waals surface area contributed by atoms with Gasteiger partial charge in [-0.1, -0.05) is 41.8 Å². The first-order valence-corrected chi connectivity index (χ1v) is 7.80. The lowest BCUT2D eigenvalue weighted by Gasteiger charge is -2.05. The van der Waals surface area contributed by atoms with Crippen molar-refractivity contribution < 1.29 is 5.11 Å². The minimum atomic E-state index is 0.0975. The third-order valence-electron chi connectivity index (χ3n) is 2.80. The molecule has 0 aliphatic carbocycles. The molecule has 0 amide bonds. The van der Waals surface area contributed by atoms with Crippen LogP contribution >= 0.6 is 11.8 Å². The molecule has 0 fully saturated rings. The number of aromatic nitrogens is 2. The Balaban J connectivity index is 2.11. The zero-order chi connectivity index (χ0) is 15.1. The number of nitrogens with zero attached hydrogens (tertiary/aromatic N) is 2. The van der Waals surface area contributed by atoms with Gasteiger partial charge in [-0.3, -0.25) is 0 Å². The Morgan fingerprint density at radius 2 is 1.86 bits per heavy atom. The highest BCUT2D eigenvalue weighted by molar-refractivity contribution is 7.98. The Bertz CT molecular complexity index is 654. The van der Waals surface area contributed by atoms with Gasteiger partial charge in [-0.05, 0) is 31.5 Å². The molecule has 1 N–H and O–H groups in total. The molecule has 0 bridgehead atoms. The summed E-state index contributed by atoms with van der Waals surface area (Å²) in [4.78, 5) is 8.87. The van der Waals surface area contributed by atoms with Crippen molar-refractivity contribution in [1.29, 1.82) is 0 Å². The smallest absolute Gasteiger partial charge is 0.188 e. The van der Waals surface area contributed by atoms with Crippen molar-refractivity contribution in [2.45, 2.75) is 31.2 Å². The highest BCUT2D eigenvalue weighted by Gasteiger charge is 2.04. The third kappa shape index (κ3) is 4.89. The topological polar surface area (TPSA) is 46.0 Å². The molecule has 0 atom stereocenters. The van der Waals surface area contributed by atoms with Gasteiger partial charge < -0.3 is 5.11 Å². The summed E-state index contributed by atoms with van der Waals surface area (Å²) >= 11 is 1.62. The third-order valence-corrected chi connectivity index (χ3v) is 3.69. The van der Waals surface area contributed by atoms with E-state index >= 15 is 0 Å². The van der Waals surface area contributed by atoms with Crippen LogP contribution in [-0.2, 0) is 5.75 Å². The molecule has 0 aliphatic heterocycles. The standard InChI is InChI=1S/C17H18N2OS/c1-13-11-14(2)19-17(18-13)21-12-16-9-4-3-7-15(16)8-5-6-10-20/h3-4,7,9,11,20H,6,10,12H2,1-2H3. The summed E-state index contributed by atoms with van der Waals surface area (Å²) in [6.45, 7) is 4.06. The van der Waals surface area contributed by atoms with Gasteiger partial charge in [-0.25, -0.2) is 9.97 Å². The zero-order valence-electron chi connectivity index (χ0n) is 12.3. The van der Waals surface area contributed by atoms with Crippen molar-refractivity contribution in [3.05, 3.63) is 52.8 Å². The molecule has 0 spiro atoms. The van der Waals surface area contributed by atoms with Crippen LogP contribution in [0.1, 0.15) is 28.9 Å². The van der Waals surface area contributed by atoms with Gasteiger partial charge in [-0.2, -0.15) is 0 Å². The number of rotatable bonds is 4. The molecule has 2 aromatic rings. The maximum atomic E-state index is 8.79. The predicted molar refractivity (Wildman–Crippen MR) is 86.1 cm³/mol. The summed E-state index contributed by atoms with van der Waals surface area (Å²) in [6.07, 6.45) is 0.502. The summed E-state index contributed by atoms with van der Waals surface area (Å²) in [5, 5.41) is 9.59. The molecule has 108 valence electrons. The van der Waals surface area contributed by atoms with Gasteiger partial charge in [0.2, 0.25) is 0 Å². The molecule has 0 saturated heterocycles. The summed E-state index contributed by atoms with van der Waals surface area (Å²) in [6, 6.07) is 10.0. The van der Waals surface area contributed by atoms with Crippen molar-refractivity contribution in [3.8, 4) is 11.8 Å². The fourth-order valence-corrected chi connectivity index (χ4v) is 2.84. The van der Waals surface area contributed by atoms with Crippen LogP contribution in [0.25, 0.3) is 0 Å². The summed E-state index contributed by atoms with van der Waals surface area (Å²) < 4.78 is 0. The lowest BCUT2D eigenvalue weighted by atomic mass is 10.1. The van der Waals surface area contributed by atoms with Crippen LogP contribution in [0.4, 0.5) is 0 Å². The second-order valence-electron chi connectivity index (χ2n) is 4.65. The van der Waals surface area contributed by atoms with Crippen LogP contribution in [0.15, 0.2) is 35.5 Å². The Kier molecular flexibility index (Phi) is 5.79. The van der Waals surface area contributed by atoms with E-state index in [-0.39, 0.29) is 6.61 Å². The van der Waals surface area contributed by atoms with E-state index in [1.165, 1.54) is 0 Å². The van der Waals surface area contributed by atoms with Gasteiger partial charge in [0.1, 0.15) is 0 Å². The molecule has 0 unspecified atom stereocenters. The van der Waals surface area contributed by atoms with Crippen LogP contribution in [0.2, 0.25) is 0 Å². The van der Waals surface area contributed by atoms with Crippen LogP contribution < -0.4 is 0 Å². The molecule has 3 nitrogen and oxygen atoms in total. The molecular formula is C17H18N2OS. The van der Waals surface area contributed by atoms with E-state index in [1.807, 2.05) is 38.1 Å². The number of aliphatic hydroxyl groups is 1. The molecule has 4 heteroatoms. The lowest BCUT2D eigenvalue weighted by Crippen LogP contribution is -1.94. The molecular weight excluding hydrogens is 280 g/mol. The largest absolute Gasteiger partial charge is 0.395 e. The van der Waals surface area contributed by atoms with Crippen LogP contribution in [0.3, 0.4) is 0 Å². The number of hydrogen-bond donors (Lipinski definition) is 1. The van der Waals surface area contributed by atoms with Gasteiger partial charge >= 0.3 is 0 Å². The number of aryl methyl sites for hydroxylation is 2. The first-order chi connectivity index (χ1) is 10.2. The Morgan fingerprint density at radius 3 is 2.57 bits per heavy atom. The molecule has 0 saturated carbocycles. The molecule has 1 heterocycles. The van der Waals surface area contributed by atoms with Crippen molar-refractivity contribution >= 4 is 11.8 Å². The molecule has 21 heavy (non-hydrogen) atoms. The highest BCUT2D eigenvalue weighted by atomic mass is 32.2. The maximum Gasteiger partial charge on any atom is 0.188 e. The minimum Gasteiger partial charge on any atom is -0.395 e. The monoisotopic (exact) mass is 298 g/mol. The fraction of sp³-hybridized carbons (Fsp3) is 0.294. The van der Waals surface area contributed by atoms with Crippen molar-refractivity contribution in [2.75, 3.05) is 6.61 Å². The lowest BCUT2D eigenvalue weighted by molar-refractivity contribution is 0.305. The molecule has 0 aliphatic rings. The maximum absolute atomic E-state index is 8.79. The van der Waals surface area contributed by atoms with E-state index in [9.17, 15) is 0 Å². The summed E-state index contributed by atoms with van der Waals surface area (Å²) in [5.74, 6) is 6.86. The number of benzene rings is 1. The fourth-order valence-electron chi connectivity index (χ4n) is 1.88. The van der Waals surface area contributed by atoms with Crippen LogP contribution in [0, 0.1) is 25.7 Å². The second-order valence-corrected chi connectivity index (χ2v) is 5.60. The van der Waals surface area contributed by atoms with Gasteiger partial charge in [0, 0.05) is 29.1 Å². The highest BCUT2D eigenvalue weighted by Crippen LogP contribution is 2.21. The van der Waals surface area contributed by atoms with Gasteiger partial charge in [0.25, 0.3) is 0 Å². The van der Waals surface area contributed by atoms with E-state index in [0.717, 1.165) is 33.4 Å². The van der Waals surface area contributed by atoms with E-state index < -0.39 is 0 Å². The first kappa shape index (κ1) is 15.6. The summed E-state index contributed by atoms with van der Waals surface area (Å²) in [7, 11) is 0. The molecule has 2 rings (SSSR count). The van der Waals surface area contributed by atoms with E-state index in [2.05, 4.69) is 27.9 Å². The molecule has 1 aromatic carbocycles. The average molecular weight is 298 g/mol. The predicted octanol–water partition coefficient (Wildman–Crippen LogP) is 3.12. The molecule has 1 aromatic heterocycles. The Labute approximate surface area is 129 Å². The van der Waals surface area contributed by atoms with Crippen molar-refractivity contribution in [1.82, 2.24) is 9.97 Å². The average Bonchev–Trinajstić information content (AvgIpc) is 2.45. The normalized spacial score (nSPS) is 10.0. The van der Waals surface area contributed by atoms with Gasteiger partial charge in [0.15, 0.2) is 5.16 Å². The Morgan fingerprint density at radius 1 is 1.14 bits per heavy atom. The first-order valence-electron chi connectivity index (χ1n) is 6.82. The van der Waals surface area contributed by atoms with Gasteiger partial charge in [-0.15, -0.1) is 0 Å². The van der Waals surface area contributed by atoms with E-state index in [0.29, 0.717) is 6.42 Å². The second kappa shape index (κ2) is 7.82. The van der Waals surface area contributed by atoms with E-state index in [4.69, 9.17) is 5.11 Å². The number of hydrogen-bond acceptors (Lipinski definition) is 4. The number of aliphatic hydroxyl groups excluding tert-OH is 1. The molecule has 0 radical (unpaired) electrons. The Hall–Kier alpha value is -1.83. The quantitative estimate of drug-likeness (QED) is 0.535.